The number of rotatable bonds is 6. The predicted octanol–water partition coefficient (Wildman–Crippen LogP) is 3.86. The molecule has 0 spiro atoms. The van der Waals surface area contributed by atoms with Crippen LogP contribution in [-0.4, -0.2) is 28.3 Å². The first-order valence-corrected chi connectivity index (χ1v) is 9.87. The molecule has 29 heavy (non-hydrogen) atoms. The first-order chi connectivity index (χ1) is 13.7. The van der Waals surface area contributed by atoms with E-state index in [0.717, 1.165) is 11.0 Å². The lowest BCUT2D eigenvalue weighted by Gasteiger charge is -2.19. The third-order valence-corrected chi connectivity index (χ3v) is 4.85. The van der Waals surface area contributed by atoms with Crippen molar-refractivity contribution in [2.75, 3.05) is 6.54 Å². The van der Waals surface area contributed by atoms with Crippen LogP contribution < -0.4 is 10.6 Å². The maximum Gasteiger partial charge on any atom is 0.251 e. The fraction of sp³-hybridized carbons (Fsp3) is 0.348. The summed E-state index contributed by atoms with van der Waals surface area (Å²) in [6, 6.07) is 15.1. The lowest BCUT2D eigenvalue weighted by molar-refractivity contribution is -0.121. The molecular weight excluding hydrogens is 364 g/mol. The number of nitrogens with one attached hydrogen (secondary N) is 3. The molecule has 2 amide bonds. The van der Waals surface area contributed by atoms with Gasteiger partial charge in [-0.3, -0.25) is 9.59 Å². The SMILES string of the molecule is CC(NC(=O)CCNC(=O)c1ccc(C(C)(C)C)cc1)c1nc2ccccc2[nH]1. The number of imidazole rings is 1. The number of para-hydroxylation sites is 2. The Morgan fingerprint density at radius 1 is 1.07 bits per heavy atom. The van der Waals surface area contributed by atoms with Crippen LogP contribution >= 0.6 is 0 Å². The largest absolute Gasteiger partial charge is 0.352 e. The van der Waals surface area contributed by atoms with E-state index in [9.17, 15) is 9.59 Å². The van der Waals surface area contributed by atoms with Gasteiger partial charge in [0.25, 0.3) is 5.91 Å². The van der Waals surface area contributed by atoms with Crippen LogP contribution in [0.15, 0.2) is 48.5 Å². The molecule has 0 saturated carbocycles. The van der Waals surface area contributed by atoms with Crippen LogP contribution in [0.5, 0.6) is 0 Å². The summed E-state index contributed by atoms with van der Waals surface area (Å²) >= 11 is 0. The van der Waals surface area contributed by atoms with Gasteiger partial charge >= 0.3 is 0 Å². The van der Waals surface area contributed by atoms with E-state index in [1.54, 1.807) is 0 Å². The summed E-state index contributed by atoms with van der Waals surface area (Å²) < 4.78 is 0. The zero-order valence-electron chi connectivity index (χ0n) is 17.4. The van der Waals surface area contributed by atoms with E-state index in [-0.39, 0.29) is 36.2 Å². The molecule has 152 valence electrons. The van der Waals surface area contributed by atoms with Gasteiger partial charge in [-0.15, -0.1) is 0 Å². The first kappa shape index (κ1) is 20.6. The Labute approximate surface area is 171 Å². The van der Waals surface area contributed by atoms with Gasteiger partial charge in [0, 0.05) is 18.5 Å². The highest BCUT2D eigenvalue weighted by Gasteiger charge is 2.15. The molecule has 6 heteroatoms. The van der Waals surface area contributed by atoms with Crippen molar-refractivity contribution in [1.29, 1.82) is 0 Å². The van der Waals surface area contributed by atoms with E-state index in [4.69, 9.17) is 0 Å². The van der Waals surface area contributed by atoms with Gasteiger partial charge < -0.3 is 15.6 Å². The van der Waals surface area contributed by atoms with Crippen molar-refractivity contribution in [2.24, 2.45) is 0 Å². The number of fused-ring (bicyclic) bond motifs is 1. The van der Waals surface area contributed by atoms with Crippen LogP contribution in [0.2, 0.25) is 0 Å². The van der Waals surface area contributed by atoms with Crippen LogP contribution in [0, 0.1) is 0 Å². The number of carbonyl (C=O) groups is 2. The molecule has 3 rings (SSSR count). The molecule has 1 atom stereocenters. The average Bonchev–Trinajstić information content (AvgIpc) is 3.12. The monoisotopic (exact) mass is 392 g/mol. The highest BCUT2D eigenvalue weighted by Crippen LogP contribution is 2.22. The summed E-state index contributed by atoms with van der Waals surface area (Å²) in [6.07, 6.45) is 0.205. The van der Waals surface area contributed by atoms with Crippen LogP contribution in [0.3, 0.4) is 0 Å². The number of benzene rings is 2. The molecule has 2 aromatic carbocycles. The van der Waals surface area contributed by atoms with Crippen molar-refractivity contribution < 1.29 is 9.59 Å². The summed E-state index contributed by atoms with van der Waals surface area (Å²) in [6.45, 7) is 8.55. The maximum atomic E-state index is 12.3. The number of aromatic amines is 1. The Morgan fingerprint density at radius 2 is 1.76 bits per heavy atom. The van der Waals surface area contributed by atoms with Crippen molar-refractivity contribution in [1.82, 2.24) is 20.6 Å². The molecule has 1 aromatic heterocycles. The molecule has 0 aliphatic carbocycles. The molecule has 1 heterocycles. The Hall–Kier alpha value is -3.15. The minimum absolute atomic E-state index is 0.0453. The second-order valence-corrected chi connectivity index (χ2v) is 8.26. The second kappa shape index (κ2) is 8.47. The van der Waals surface area contributed by atoms with Crippen molar-refractivity contribution in [3.8, 4) is 0 Å². The fourth-order valence-electron chi connectivity index (χ4n) is 3.07. The second-order valence-electron chi connectivity index (χ2n) is 8.26. The molecule has 0 aliphatic heterocycles. The topological polar surface area (TPSA) is 86.9 Å². The van der Waals surface area contributed by atoms with Gasteiger partial charge in [-0.05, 0) is 42.2 Å². The summed E-state index contributed by atoms with van der Waals surface area (Å²) in [5, 5.41) is 5.71. The zero-order chi connectivity index (χ0) is 21.0. The molecule has 0 bridgehead atoms. The van der Waals surface area contributed by atoms with E-state index >= 15 is 0 Å². The number of nitrogens with zero attached hydrogens (tertiary/aromatic N) is 1. The third kappa shape index (κ3) is 5.22. The van der Waals surface area contributed by atoms with Crippen LogP contribution in [0.1, 0.15) is 61.9 Å². The van der Waals surface area contributed by atoms with E-state index < -0.39 is 0 Å². The molecule has 3 aromatic rings. The average molecular weight is 393 g/mol. The number of amides is 2. The van der Waals surface area contributed by atoms with Gasteiger partial charge in [0.15, 0.2) is 0 Å². The maximum absolute atomic E-state index is 12.3. The summed E-state index contributed by atoms with van der Waals surface area (Å²) in [4.78, 5) is 32.2. The Morgan fingerprint density at radius 3 is 2.41 bits per heavy atom. The molecule has 0 aliphatic rings. The fourth-order valence-corrected chi connectivity index (χ4v) is 3.07. The van der Waals surface area contributed by atoms with Gasteiger partial charge in [-0.25, -0.2) is 4.98 Å². The zero-order valence-corrected chi connectivity index (χ0v) is 17.4. The highest BCUT2D eigenvalue weighted by atomic mass is 16.2. The Kier molecular flexibility index (Phi) is 6.01. The van der Waals surface area contributed by atoms with Crippen molar-refractivity contribution in [3.63, 3.8) is 0 Å². The molecule has 1 unspecified atom stereocenters. The number of aromatic nitrogens is 2. The Bertz CT molecular complexity index is 967. The number of carbonyl (C=O) groups excluding carboxylic acids is 2. The van der Waals surface area contributed by atoms with E-state index in [1.807, 2.05) is 55.5 Å². The molecule has 6 nitrogen and oxygen atoms in total. The number of hydrogen-bond acceptors (Lipinski definition) is 3. The minimum Gasteiger partial charge on any atom is -0.352 e. The predicted molar refractivity (Wildman–Crippen MR) is 115 cm³/mol. The quantitative estimate of drug-likeness (QED) is 0.595. The van der Waals surface area contributed by atoms with Gasteiger partial charge in [-0.1, -0.05) is 45.0 Å². The normalized spacial score (nSPS) is 12.6. The van der Waals surface area contributed by atoms with Crippen LogP contribution in [0.25, 0.3) is 11.0 Å². The van der Waals surface area contributed by atoms with Crippen LogP contribution in [-0.2, 0) is 10.2 Å². The molecule has 3 N–H and O–H groups in total. The summed E-state index contributed by atoms with van der Waals surface area (Å²) in [7, 11) is 0. The molecular formula is C23H28N4O2. The van der Waals surface area contributed by atoms with Gasteiger partial charge in [-0.2, -0.15) is 0 Å². The van der Waals surface area contributed by atoms with Crippen molar-refractivity contribution in [2.45, 2.75) is 45.6 Å². The molecule has 0 fully saturated rings. The lowest BCUT2D eigenvalue weighted by atomic mass is 9.87. The van der Waals surface area contributed by atoms with Gasteiger partial charge in [0.1, 0.15) is 5.82 Å². The number of H-pyrrole nitrogens is 1. The van der Waals surface area contributed by atoms with E-state index in [1.165, 1.54) is 5.56 Å². The van der Waals surface area contributed by atoms with E-state index in [0.29, 0.717) is 11.4 Å². The summed E-state index contributed by atoms with van der Waals surface area (Å²) in [5.74, 6) is 0.396. The van der Waals surface area contributed by atoms with Gasteiger partial charge in [0.05, 0.1) is 17.1 Å². The molecule has 0 radical (unpaired) electrons. The Balaban J connectivity index is 1.47. The summed E-state index contributed by atoms with van der Waals surface area (Å²) in [5.41, 5.74) is 3.62. The highest BCUT2D eigenvalue weighted by molar-refractivity contribution is 5.94. The first-order valence-electron chi connectivity index (χ1n) is 9.87. The van der Waals surface area contributed by atoms with Gasteiger partial charge in [0.2, 0.25) is 5.91 Å². The standard InChI is InChI=1S/C23H28N4O2/c1-15(21-26-18-7-5-6-8-19(18)27-21)25-20(28)13-14-24-22(29)16-9-11-17(12-10-16)23(2,3)4/h5-12,15H,13-14H2,1-4H3,(H,24,29)(H,25,28)(H,26,27). The van der Waals surface area contributed by atoms with Crippen molar-refractivity contribution in [3.05, 3.63) is 65.5 Å². The lowest BCUT2D eigenvalue weighted by Crippen LogP contribution is -2.32. The smallest absolute Gasteiger partial charge is 0.251 e. The minimum atomic E-state index is -0.240. The van der Waals surface area contributed by atoms with E-state index in [2.05, 4.69) is 41.4 Å². The molecule has 0 saturated heterocycles. The van der Waals surface area contributed by atoms with Crippen LogP contribution in [0.4, 0.5) is 0 Å². The number of hydrogen-bond donors (Lipinski definition) is 3. The third-order valence-electron chi connectivity index (χ3n) is 4.85. The van der Waals surface area contributed by atoms with Crippen molar-refractivity contribution >= 4 is 22.8 Å².